The van der Waals surface area contributed by atoms with Crippen LogP contribution in [0.15, 0.2) is 0 Å². The van der Waals surface area contributed by atoms with Gasteiger partial charge in [-0.1, -0.05) is 6.92 Å². The lowest BCUT2D eigenvalue weighted by Gasteiger charge is -2.39. The van der Waals surface area contributed by atoms with Crippen molar-refractivity contribution in [2.75, 3.05) is 6.61 Å². The lowest BCUT2D eigenvalue weighted by Crippen LogP contribution is -2.47. The van der Waals surface area contributed by atoms with Gasteiger partial charge in [-0.05, 0) is 33.1 Å². The summed E-state index contributed by atoms with van der Waals surface area (Å²) in [5, 5.41) is 9.46. The topological polar surface area (TPSA) is 89.9 Å². The summed E-state index contributed by atoms with van der Waals surface area (Å²) in [5.41, 5.74) is -0.846. The van der Waals surface area contributed by atoms with E-state index in [0.717, 1.165) is 0 Å². The predicted molar refractivity (Wildman–Crippen MR) is 81.3 cm³/mol. The second-order valence-electron chi connectivity index (χ2n) is 7.05. The molecule has 2 aliphatic rings. The Morgan fingerprint density at radius 2 is 2.04 bits per heavy atom. The Morgan fingerprint density at radius 3 is 2.57 bits per heavy atom. The van der Waals surface area contributed by atoms with Gasteiger partial charge in [-0.2, -0.15) is 0 Å². The molecular formula is C17H26O6. The molecule has 0 bridgehead atoms. The molecule has 0 radical (unpaired) electrons. The lowest BCUT2D eigenvalue weighted by molar-refractivity contribution is -0.171. The summed E-state index contributed by atoms with van der Waals surface area (Å²) in [6.45, 7) is 6.34. The Kier molecular flexibility index (Phi) is 5.14. The third-order valence-corrected chi connectivity index (χ3v) is 5.52. The maximum atomic E-state index is 12.4. The molecule has 6 atom stereocenters. The van der Waals surface area contributed by atoms with Crippen molar-refractivity contribution >= 4 is 17.7 Å². The molecule has 1 N–H and O–H groups in total. The number of ketones is 1. The molecule has 1 saturated heterocycles. The molecule has 0 aromatic heterocycles. The third kappa shape index (κ3) is 3.27. The molecule has 0 amide bonds. The first-order valence-corrected chi connectivity index (χ1v) is 8.22. The van der Waals surface area contributed by atoms with Crippen LogP contribution in [0.3, 0.4) is 0 Å². The molecule has 1 aliphatic heterocycles. The van der Waals surface area contributed by atoms with Gasteiger partial charge in [-0.15, -0.1) is 0 Å². The van der Waals surface area contributed by atoms with Crippen molar-refractivity contribution in [2.24, 2.45) is 23.7 Å². The van der Waals surface area contributed by atoms with Crippen LogP contribution in [0.2, 0.25) is 0 Å². The molecule has 1 aliphatic carbocycles. The van der Waals surface area contributed by atoms with Crippen LogP contribution in [0.25, 0.3) is 0 Å². The summed E-state index contributed by atoms with van der Waals surface area (Å²) in [5.74, 6) is -2.04. The van der Waals surface area contributed by atoms with Gasteiger partial charge in [0.2, 0.25) is 0 Å². The molecule has 1 heterocycles. The number of hydrogen-bond acceptors (Lipinski definition) is 6. The minimum atomic E-state index is -0.846. The maximum Gasteiger partial charge on any atom is 0.309 e. The summed E-state index contributed by atoms with van der Waals surface area (Å²) in [6, 6.07) is 0. The normalized spacial score (nSPS) is 40.0. The summed E-state index contributed by atoms with van der Waals surface area (Å²) in [6.07, 6.45) is 1.02. The highest BCUT2D eigenvalue weighted by atomic mass is 16.6. The highest BCUT2D eigenvalue weighted by molar-refractivity contribution is 5.82. The van der Waals surface area contributed by atoms with Crippen molar-refractivity contribution in [3.05, 3.63) is 0 Å². The van der Waals surface area contributed by atoms with Gasteiger partial charge in [-0.3, -0.25) is 14.4 Å². The molecule has 130 valence electrons. The van der Waals surface area contributed by atoms with E-state index in [4.69, 9.17) is 9.47 Å². The number of aliphatic hydroxyl groups is 1. The van der Waals surface area contributed by atoms with E-state index in [9.17, 15) is 19.5 Å². The molecule has 0 aromatic carbocycles. The van der Waals surface area contributed by atoms with Crippen LogP contribution >= 0.6 is 0 Å². The van der Waals surface area contributed by atoms with E-state index < -0.39 is 23.6 Å². The third-order valence-electron chi connectivity index (χ3n) is 5.52. The SMILES string of the molecule is CC(=O)O[C@]1(C)CC[C@@H]2[C@H](OC(=O)[C@H]2C)[C@H](C(C)=O)[C@H]1CCO. The van der Waals surface area contributed by atoms with Gasteiger partial charge in [0, 0.05) is 25.4 Å². The Labute approximate surface area is 136 Å². The highest BCUT2D eigenvalue weighted by Crippen LogP contribution is 2.48. The minimum absolute atomic E-state index is 0.0602. The maximum absolute atomic E-state index is 12.4. The van der Waals surface area contributed by atoms with Gasteiger partial charge in [0.1, 0.15) is 17.5 Å². The van der Waals surface area contributed by atoms with Crippen molar-refractivity contribution in [3.8, 4) is 0 Å². The van der Waals surface area contributed by atoms with Gasteiger partial charge in [-0.25, -0.2) is 0 Å². The zero-order chi connectivity index (χ0) is 17.4. The van der Waals surface area contributed by atoms with Crippen LogP contribution in [-0.2, 0) is 23.9 Å². The molecule has 0 unspecified atom stereocenters. The fourth-order valence-electron chi connectivity index (χ4n) is 4.38. The summed E-state index contributed by atoms with van der Waals surface area (Å²) < 4.78 is 11.1. The average molecular weight is 326 g/mol. The number of aliphatic hydroxyl groups excluding tert-OH is 1. The number of carbonyl (C=O) groups excluding carboxylic acids is 3. The first kappa shape index (κ1) is 17.9. The van der Waals surface area contributed by atoms with Crippen LogP contribution in [0.5, 0.6) is 0 Å². The van der Waals surface area contributed by atoms with Crippen molar-refractivity contribution in [1.29, 1.82) is 0 Å². The number of carbonyl (C=O) groups is 3. The minimum Gasteiger partial charge on any atom is -0.461 e. The molecule has 0 spiro atoms. The van der Waals surface area contributed by atoms with Crippen LogP contribution < -0.4 is 0 Å². The van der Waals surface area contributed by atoms with Crippen LogP contribution in [-0.4, -0.2) is 41.1 Å². The van der Waals surface area contributed by atoms with E-state index in [-0.39, 0.29) is 36.1 Å². The van der Waals surface area contributed by atoms with Crippen LogP contribution in [0, 0.1) is 23.7 Å². The van der Waals surface area contributed by atoms with E-state index in [2.05, 4.69) is 0 Å². The number of esters is 2. The zero-order valence-corrected chi connectivity index (χ0v) is 14.2. The molecule has 6 heteroatoms. The molecule has 1 saturated carbocycles. The highest BCUT2D eigenvalue weighted by Gasteiger charge is 2.56. The number of Topliss-reactive ketones (excluding diaryl/α,β-unsaturated/α-hetero) is 1. The second kappa shape index (κ2) is 6.59. The Hall–Kier alpha value is -1.43. The lowest BCUT2D eigenvalue weighted by atomic mass is 9.72. The Morgan fingerprint density at radius 1 is 1.39 bits per heavy atom. The van der Waals surface area contributed by atoms with E-state index in [1.807, 2.05) is 13.8 Å². The van der Waals surface area contributed by atoms with E-state index in [0.29, 0.717) is 19.3 Å². The zero-order valence-electron chi connectivity index (χ0n) is 14.2. The summed E-state index contributed by atoms with van der Waals surface area (Å²) in [7, 11) is 0. The standard InChI is InChI=1S/C17H26O6/c1-9-12-5-7-17(4,23-11(3)20)13(6-8-18)14(10(2)19)15(12)22-16(9)21/h9,12-15,18H,5-8H2,1-4H3/t9-,12-,13+,14+,15-,17+/m0/s1. The monoisotopic (exact) mass is 326 g/mol. The van der Waals surface area contributed by atoms with E-state index in [1.54, 1.807) is 0 Å². The van der Waals surface area contributed by atoms with E-state index in [1.165, 1.54) is 13.8 Å². The predicted octanol–water partition coefficient (Wildman–Crippen LogP) is 1.48. The summed E-state index contributed by atoms with van der Waals surface area (Å²) >= 11 is 0. The number of ether oxygens (including phenoxy) is 2. The quantitative estimate of drug-likeness (QED) is 0.787. The molecular weight excluding hydrogens is 300 g/mol. The fourth-order valence-corrected chi connectivity index (χ4v) is 4.38. The van der Waals surface area contributed by atoms with Gasteiger partial charge >= 0.3 is 11.9 Å². The molecule has 0 aromatic rings. The van der Waals surface area contributed by atoms with Gasteiger partial charge in [0.25, 0.3) is 0 Å². The number of fused-ring (bicyclic) bond motifs is 1. The first-order valence-electron chi connectivity index (χ1n) is 8.22. The van der Waals surface area contributed by atoms with Gasteiger partial charge in [0.15, 0.2) is 0 Å². The van der Waals surface area contributed by atoms with Crippen LogP contribution in [0.4, 0.5) is 0 Å². The van der Waals surface area contributed by atoms with Crippen molar-refractivity contribution in [3.63, 3.8) is 0 Å². The fraction of sp³-hybridized carbons (Fsp3) is 0.824. The van der Waals surface area contributed by atoms with Crippen LogP contribution in [0.1, 0.15) is 47.0 Å². The molecule has 6 nitrogen and oxygen atoms in total. The van der Waals surface area contributed by atoms with Crippen molar-refractivity contribution in [1.82, 2.24) is 0 Å². The molecule has 23 heavy (non-hydrogen) atoms. The first-order chi connectivity index (χ1) is 10.7. The molecule has 2 fully saturated rings. The van der Waals surface area contributed by atoms with Crippen molar-refractivity contribution < 1.29 is 29.0 Å². The smallest absolute Gasteiger partial charge is 0.309 e. The van der Waals surface area contributed by atoms with E-state index >= 15 is 0 Å². The second-order valence-corrected chi connectivity index (χ2v) is 7.05. The average Bonchev–Trinajstić information content (AvgIpc) is 2.64. The number of hydrogen-bond donors (Lipinski definition) is 1. The summed E-state index contributed by atoms with van der Waals surface area (Å²) in [4.78, 5) is 35.9. The Balaban J connectivity index is 2.45. The van der Waals surface area contributed by atoms with Gasteiger partial charge < -0.3 is 14.6 Å². The Bertz CT molecular complexity index is 501. The number of rotatable bonds is 4. The van der Waals surface area contributed by atoms with Gasteiger partial charge in [0.05, 0.1) is 11.8 Å². The largest absolute Gasteiger partial charge is 0.461 e. The van der Waals surface area contributed by atoms with Crippen molar-refractivity contribution in [2.45, 2.75) is 58.7 Å². The molecule has 2 rings (SSSR count).